The summed E-state index contributed by atoms with van der Waals surface area (Å²) in [6, 6.07) is 14.6. The number of rotatable bonds is 2. The molecule has 2 aromatic rings. The van der Waals surface area contributed by atoms with Crippen LogP contribution in [-0.4, -0.2) is 16.4 Å². The van der Waals surface area contributed by atoms with Gasteiger partial charge in [0.05, 0.1) is 5.69 Å². The van der Waals surface area contributed by atoms with Crippen LogP contribution in [0.15, 0.2) is 42.5 Å². The predicted molar refractivity (Wildman–Crippen MR) is 77.5 cm³/mol. The largest absolute Gasteiger partial charge is 0.384 e. The summed E-state index contributed by atoms with van der Waals surface area (Å²) in [5, 5.41) is 0. The normalized spacial score (nSPS) is 15.8. The molecule has 3 heteroatoms. The molecular weight excluding hydrogens is 234 g/mol. The third-order valence-corrected chi connectivity index (χ3v) is 3.65. The number of fused-ring (bicyclic) bond motifs is 1. The van der Waals surface area contributed by atoms with Gasteiger partial charge in [-0.15, -0.1) is 0 Å². The van der Waals surface area contributed by atoms with Crippen molar-refractivity contribution in [3.05, 3.63) is 59.3 Å². The van der Waals surface area contributed by atoms with Gasteiger partial charge in [-0.25, -0.2) is 4.98 Å². The molecule has 0 fully saturated rings. The van der Waals surface area contributed by atoms with E-state index in [0.717, 1.165) is 25.3 Å². The summed E-state index contributed by atoms with van der Waals surface area (Å²) in [6.07, 6.45) is 2.39. The van der Waals surface area contributed by atoms with Crippen molar-refractivity contribution in [3.63, 3.8) is 0 Å². The minimum Gasteiger partial charge on any atom is -0.384 e. The lowest BCUT2D eigenvalue weighted by Gasteiger charge is -2.20. The molecule has 0 saturated carbocycles. The van der Waals surface area contributed by atoms with E-state index in [0.29, 0.717) is 5.82 Å². The molecule has 0 aliphatic carbocycles. The number of hydrogen-bond donors (Lipinski definition) is 1. The fourth-order valence-corrected chi connectivity index (χ4v) is 2.72. The van der Waals surface area contributed by atoms with Crippen molar-refractivity contribution in [2.45, 2.75) is 25.9 Å². The van der Waals surface area contributed by atoms with E-state index in [9.17, 15) is 0 Å². The quantitative estimate of drug-likeness (QED) is 0.894. The molecule has 1 aliphatic heterocycles. The molecule has 2 heterocycles. The predicted octanol–water partition coefficient (Wildman–Crippen LogP) is 2.61. The molecule has 1 aliphatic rings. The first-order chi connectivity index (χ1) is 9.31. The SMILES string of the molecule is Nc1cccc(CN2CCCc3ccccc3C2)n1. The number of pyridine rings is 1. The first-order valence-electron chi connectivity index (χ1n) is 6.82. The van der Waals surface area contributed by atoms with Crippen molar-refractivity contribution in [1.82, 2.24) is 9.88 Å². The van der Waals surface area contributed by atoms with Gasteiger partial charge in [-0.2, -0.15) is 0 Å². The molecule has 0 amide bonds. The highest BCUT2D eigenvalue weighted by atomic mass is 15.1. The number of hydrogen-bond acceptors (Lipinski definition) is 3. The van der Waals surface area contributed by atoms with Crippen LogP contribution in [0.2, 0.25) is 0 Å². The highest BCUT2D eigenvalue weighted by Crippen LogP contribution is 2.19. The lowest BCUT2D eigenvalue weighted by molar-refractivity contribution is 0.258. The van der Waals surface area contributed by atoms with E-state index in [2.05, 4.69) is 34.1 Å². The van der Waals surface area contributed by atoms with Gasteiger partial charge in [-0.05, 0) is 42.6 Å². The molecule has 19 heavy (non-hydrogen) atoms. The van der Waals surface area contributed by atoms with Gasteiger partial charge in [0.2, 0.25) is 0 Å². The standard InChI is InChI=1S/C16H19N3/c17-16-9-3-8-15(18-16)12-19-10-4-7-13-5-1-2-6-14(13)11-19/h1-3,5-6,8-9H,4,7,10-12H2,(H2,17,18). The second-order valence-electron chi connectivity index (χ2n) is 5.14. The molecule has 1 aromatic heterocycles. The van der Waals surface area contributed by atoms with Gasteiger partial charge in [0.15, 0.2) is 0 Å². The molecule has 0 bridgehead atoms. The lowest BCUT2D eigenvalue weighted by atomic mass is 10.0. The van der Waals surface area contributed by atoms with Crippen LogP contribution < -0.4 is 5.73 Å². The van der Waals surface area contributed by atoms with E-state index in [4.69, 9.17) is 5.73 Å². The van der Waals surface area contributed by atoms with Gasteiger partial charge in [0, 0.05) is 13.1 Å². The molecule has 0 spiro atoms. The zero-order chi connectivity index (χ0) is 13.1. The highest BCUT2D eigenvalue weighted by molar-refractivity contribution is 5.30. The first kappa shape index (κ1) is 12.2. The average molecular weight is 253 g/mol. The van der Waals surface area contributed by atoms with Crippen molar-refractivity contribution in [2.24, 2.45) is 0 Å². The van der Waals surface area contributed by atoms with Crippen molar-refractivity contribution in [1.29, 1.82) is 0 Å². The van der Waals surface area contributed by atoms with E-state index in [-0.39, 0.29) is 0 Å². The molecule has 0 unspecified atom stereocenters. The number of aromatic nitrogens is 1. The summed E-state index contributed by atoms with van der Waals surface area (Å²) in [7, 11) is 0. The number of aryl methyl sites for hydroxylation is 1. The van der Waals surface area contributed by atoms with Crippen LogP contribution in [0.4, 0.5) is 5.82 Å². The van der Waals surface area contributed by atoms with Gasteiger partial charge in [-0.3, -0.25) is 4.90 Å². The minimum atomic E-state index is 0.604. The maximum Gasteiger partial charge on any atom is 0.123 e. The van der Waals surface area contributed by atoms with Crippen LogP contribution in [0.25, 0.3) is 0 Å². The maximum atomic E-state index is 5.74. The summed E-state index contributed by atoms with van der Waals surface area (Å²) in [4.78, 5) is 6.84. The summed E-state index contributed by atoms with van der Waals surface area (Å²) in [5.74, 6) is 0.604. The molecule has 3 rings (SSSR count). The van der Waals surface area contributed by atoms with E-state index >= 15 is 0 Å². The van der Waals surface area contributed by atoms with Gasteiger partial charge < -0.3 is 5.73 Å². The minimum absolute atomic E-state index is 0.604. The molecule has 0 radical (unpaired) electrons. The van der Waals surface area contributed by atoms with E-state index in [1.807, 2.05) is 18.2 Å². The Morgan fingerprint density at radius 1 is 1.05 bits per heavy atom. The van der Waals surface area contributed by atoms with Crippen molar-refractivity contribution in [2.75, 3.05) is 12.3 Å². The van der Waals surface area contributed by atoms with E-state index in [1.165, 1.54) is 24.0 Å². The zero-order valence-corrected chi connectivity index (χ0v) is 11.0. The van der Waals surface area contributed by atoms with E-state index in [1.54, 1.807) is 0 Å². The second-order valence-corrected chi connectivity index (χ2v) is 5.14. The number of benzene rings is 1. The molecule has 0 atom stereocenters. The Morgan fingerprint density at radius 3 is 2.74 bits per heavy atom. The molecule has 98 valence electrons. The molecule has 2 N–H and O–H groups in total. The first-order valence-corrected chi connectivity index (χ1v) is 6.82. The molecule has 3 nitrogen and oxygen atoms in total. The van der Waals surface area contributed by atoms with Crippen molar-refractivity contribution in [3.8, 4) is 0 Å². The van der Waals surface area contributed by atoms with Crippen LogP contribution in [0.3, 0.4) is 0 Å². The fourth-order valence-electron chi connectivity index (χ4n) is 2.72. The van der Waals surface area contributed by atoms with Gasteiger partial charge in [0.25, 0.3) is 0 Å². The van der Waals surface area contributed by atoms with E-state index < -0.39 is 0 Å². The number of nitrogens with two attached hydrogens (primary N) is 1. The lowest BCUT2D eigenvalue weighted by Crippen LogP contribution is -2.23. The van der Waals surface area contributed by atoms with Gasteiger partial charge >= 0.3 is 0 Å². The Bertz CT molecular complexity index is 565. The second kappa shape index (κ2) is 5.41. The highest BCUT2D eigenvalue weighted by Gasteiger charge is 2.14. The molecule has 0 saturated heterocycles. The Kier molecular flexibility index (Phi) is 3.47. The summed E-state index contributed by atoms with van der Waals surface area (Å²) in [5.41, 5.74) is 9.74. The third-order valence-electron chi connectivity index (χ3n) is 3.65. The smallest absolute Gasteiger partial charge is 0.123 e. The van der Waals surface area contributed by atoms with Crippen molar-refractivity contribution < 1.29 is 0 Å². The summed E-state index contributed by atoms with van der Waals surface area (Å²) >= 11 is 0. The van der Waals surface area contributed by atoms with Crippen LogP contribution in [-0.2, 0) is 19.5 Å². The summed E-state index contributed by atoms with van der Waals surface area (Å²) in [6.45, 7) is 3.00. The van der Waals surface area contributed by atoms with Crippen molar-refractivity contribution >= 4 is 5.82 Å². The van der Waals surface area contributed by atoms with Crippen LogP contribution >= 0.6 is 0 Å². The Hall–Kier alpha value is -1.87. The van der Waals surface area contributed by atoms with Gasteiger partial charge in [-0.1, -0.05) is 30.3 Å². The number of anilines is 1. The maximum absolute atomic E-state index is 5.74. The Labute approximate surface area is 114 Å². The topological polar surface area (TPSA) is 42.1 Å². The van der Waals surface area contributed by atoms with Crippen LogP contribution in [0, 0.1) is 0 Å². The van der Waals surface area contributed by atoms with Crippen LogP contribution in [0.5, 0.6) is 0 Å². The third kappa shape index (κ3) is 2.93. The number of nitrogens with zero attached hydrogens (tertiary/aromatic N) is 2. The number of nitrogen functional groups attached to an aromatic ring is 1. The zero-order valence-electron chi connectivity index (χ0n) is 11.0. The fraction of sp³-hybridized carbons (Fsp3) is 0.312. The average Bonchev–Trinajstić information content (AvgIpc) is 2.60. The van der Waals surface area contributed by atoms with Crippen LogP contribution in [0.1, 0.15) is 23.2 Å². The summed E-state index contributed by atoms with van der Waals surface area (Å²) < 4.78 is 0. The Balaban J connectivity index is 1.76. The van der Waals surface area contributed by atoms with Gasteiger partial charge in [0.1, 0.15) is 5.82 Å². The molecule has 1 aromatic carbocycles. The Morgan fingerprint density at radius 2 is 1.89 bits per heavy atom. The molecular formula is C16H19N3. The monoisotopic (exact) mass is 253 g/mol.